The Hall–Kier alpha value is -4.84. The number of carbonyl (C=O) groups excluding carboxylic acids is 2. The third kappa shape index (κ3) is 4.15. The normalized spacial score (nSPS) is 21.8. The molecular formula is C38H36N2O4. The lowest BCUT2D eigenvalue weighted by atomic mass is 9.77. The third-order valence-corrected chi connectivity index (χ3v) is 9.47. The van der Waals surface area contributed by atoms with E-state index in [9.17, 15) is 19.8 Å². The Labute approximate surface area is 257 Å². The highest BCUT2D eigenvalue weighted by molar-refractivity contribution is 6.27. The van der Waals surface area contributed by atoms with Crippen LogP contribution >= 0.6 is 0 Å². The third-order valence-electron chi connectivity index (χ3n) is 9.47. The number of aliphatic hydroxyl groups excluding tert-OH is 2. The van der Waals surface area contributed by atoms with E-state index in [2.05, 4.69) is 56.0 Å². The number of hydrogen-bond acceptors (Lipinski definition) is 6. The molecule has 0 fully saturated rings. The Kier molecular flexibility index (Phi) is 6.61. The summed E-state index contributed by atoms with van der Waals surface area (Å²) in [5.74, 6) is -1.49. The number of benzene rings is 3. The van der Waals surface area contributed by atoms with Crippen molar-refractivity contribution >= 4 is 33.7 Å². The van der Waals surface area contributed by atoms with Crippen molar-refractivity contribution in [1.82, 2.24) is 0 Å². The van der Waals surface area contributed by atoms with Gasteiger partial charge in [-0.1, -0.05) is 75.7 Å². The van der Waals surface area contributed by atoms with Gasteiger partial charge in [0.1, 0.15) is 11.5 Å². The van der Waals surface area contributed by atoms with E-state index >= 15 is 0 Å². The lowest BCUT2D eigenvalue weighted by molar-refractivity contribution is -0.115. The van der Waals surface area contributed by atoms with Gasteiger partial charge in [0, 0.05) is 53.4 Å². The van der Waals surface area contributed by atoms with Gasteiger partial charge in [-0.15, -0.1) is 0 Å². The zero-order chi connectivity index (χ0) is 30.7. The van der Waals surface area contributed by atoms with Crippen LogP contribution in [0, 0.1) is 0 Å². The molecular weight excluding hydrogens is 548 g/mol. The molecule has 0 amide bonds. The van der Waals surface area contributed by atoms with Crippen molar-refractivity contribution in [2.24, 2.45) is 0 Å². The highest BCUT2D eigenvalue weighted by Gasteiger charge is 2.45. The predicted octanol–water partition coefficient (Wildman–Crippen LogP) is 7.67. The van der Waals surface area contributed by atoms with E-state index < -0.39 is 17.0 Å². The molecule has 222 valence electrons. The van der Waals surface area contributed by atoms with Gasteiger partial charge >= 0.3 is 0 Å². The number of hydrogen-bond donors (Lipinski definition) is 2. The maximum Gasteiger partial charge on any atom is 0.201 e. The van der Waals surface area contributed by atoms with Crippen LogP contribution in [0.15, 0.2) is 119 Å². The Morgan fingerprint density at radius 2 is 1.68 bits per heavy atom. The highest BCUT2D eigenvalue weighted by atomic mass is 16.3. The molecule has 0 saturated heterocycles. The van der Waals surface area contributed by atoms with Gasteiger partial charge in [0.15, 0.2) is 5.78 Å². The number of rotatable bonds is 5. The monoisotopic (exact) mass is 584 g/mol. The van der Waals surface area contributed by atoms with Gasteiger partial charge in [0.25, 0.3) is 0 Å². The number of carbonyl (C=O) groups is 2. The van der Waals surface area contributed by atoms with E-state index in [1.807, 2.05) is 35.2 Å². The van der Waals surface area contributed by atoms with Gasteiger partial charge in [-0.2, -0.15) is 0 Å². The van der Waals surface area contributed by atoms with Crippen LogP contribution in [0.1, 0.15) is 51.2 Å². The largest absolute Gasteiger partial charge is 0.507 e. The summed E-state index contributed by atoms with van der Waals surface area (Å²) >= 11 is 0. The second-order valence-electron chi connectivity index (χ2n) is 12.5. The van der Waals surface area contributed by atoms with Crippen molar-refractivity contribution in [3.05, 3.63) is 130 Å². The van der Waals surface area contributed by atoms with Crippen LogP contribution in [-0.2, 0) is 21.4 Å². The standard InChI is InChI=1S/C38H36N2O4/c1-4-5-18-40-29-17-16-23-11-6-8-14-26(23)35(29)38(2,3)32(40)22-27-36(43)34(37(27)44)33-30(41)20-25(21-31(33)42)39-19-10-13-24-12-7-9-15-28(24)39/h6-9,11-12,14-17,20-22,41,43H,4-5,10,13,18-19H2,1-3H3/b32-22-,34-33+. The average Bonchev–Trinajstić information content (AvgIpc) is 3.25. The summed E-state index contributed by atoms with van der Waals surface area (Å²) in [6.07, 6.45) is 8.63. The lowest BCUT2D eigenvalue weighted by Crippen LogP contribution is -2.32. The summed E-state index contributed by atoms with van der Waals surface area (Å²) in [5, 5.41) is 24.7. The Morgan fingerprint density at radius 3 is 2.45 bits per heavy atom. The summed E-state index contributed by atoms with van der Waals surface area (Å²) < 4.78 is 0. The molecule has 0 saturated carbocycles. The summed E-state index contributed by atoms with van der Waals surface area (Å²) in [7, 11) is 0. The zero-order valence-corrected chi connectivity index (χ0v) is 25.4. The summed E-state index contributed by atoms with van der Waals surface area (Å²) in [5.41, 5.74) is 5.46. The van der Waals surface area contributed by atoms with Crippen LogP contribution < -0.4 is 9.80 Å². The smallest absolute Gasteiger partial charge is 0.201 e. The van der Waals surface area contributed by atoms with Gasteiger partial charge in [0.05, 0.1) is 16.7 Å². The maximum absolute atomic E-state index is 13.7. The van der Waals surface area contributed by atoms with Crippen molar-refractivity contribution in [2.45, 2.75) is 51.9 Å². The molecule has 3 aromatic rings. The number of Topliss-reactive ketones (excluding diaryl/α,β-unsaturated/α-hetero) is 1. The molecule has 7 rings (SSSR count). The average molecular weight is 585 g/mol. The van der Waals surface area contributed by atoms with Crippen LogP contribution in [0.5, 0.6) is 0 Å². The molecule has 6 heteroatoms. The molecule has 2 heterocycles. The van der Waals surface area contributed by atoms with Gasteiger partial charge in [-0.05, 0) is 59.4 Å². The number of unbranched alkanes of at least 4 members (excludes halogenated alkanes) is 1. The minimum Gasteiger partial charge on any atom is -0.507 e. The first-order valence-electron chi connectivity index (χ1n) is 15.5. The van der Waals surface area contributed by atoms with E-state index in [0.717, 1.165) is 61.2 Å². The van der Waals surface area contributed by atoms with E-state index in [1.165, 1.54) is 28.7 Å². The second kappa shape index (κ2) is 10.4. The van der Waals surface area contributed by atoms with Crippen molar-refractivity contribution in [3.8, 4) is 0 Å². The Balaban J connectivity index is 1.27. The Bertz CT molecular complexity index is 1920. The summed E-state index contributed by atoms with van der Waals surface area (Å²) in [6, 6.07) is 20.7. The molecule has 44 heavy (non-hydrogen) atoms. The van der Waals surface area contributed by atoms with Crippen molar-refractivity contribution < 1.29 is 19.8 Å². The molecule has 0 atom stereocenters. The number of allylic oxidation sites excluding steroid dienone is 7. The number of anilines is 2. The van der Waals surface area contributed by atoms with Gasteiger partial charge in [-0.3, -0.25) is 9.59 Å². The van der Waals surface area contributed by atoms with Crippen LogP contribution in [0.3, 0.4) is 0 Å². The molecule has 6 nitrogen and oxygen atoms in total. The minimum atomic E-state index is -0.491. The summed E-state index contributed by atoms with van der Waals surface area (Å²) in [4.78, 5) is 31.4. The van der Waals surface area contributed by atoms with Crippen molar-refractivity contribution in [1.29, 1.82) is 0 Å². The van der Waals surface area contributed by atoms with E-state index in [-0.39, 0.29) is 28.2 Å². The molecule has 4 aliphatic rings. The van der Waals surface area contributed by atoms with Gasteiger partial charge < -0.3 is 20.0 Å². The fraction of sp³-hybridized carbons (Fsp3) is 0.263. The predicted molar refractivity (Wildman–Crippen MR) is 175 cm³/mol. The maximum atomic E-state index is 13.7. The fourth-order valence-electron chi connectivity index (χ4n) is 7.27. The first-order chi connectivity index (χ1) is 21.2. The first-order valence-corrected chi connectivity index (χ1v) is 15.5. The number of aryl methyl sites for hydroxylation is 1. The number of nitrogens with zero attached hydrogens (tertiary/aromatic N) is 2. The molecule has 0 radical (unpaired) electrons. The van der Waals surface area contributed by atoms with E-state index in [0.29, 0.717) is 5.70 Å². The van der Waals surface area contributed by atoms with E-state index in [4.69, 9.17) is 0 Å². The van der Waals surface area contributed by atoms with E-state index in [1.54, 1.807) is 6.08 Å². The number of ketones is 2. The Morgan fingerprint density at radius 1 is 0.909 bits per heavy atom. The highest BCUT2D eigenvalue weighted by Crippen LogP contribution is 2.52. The quantitative estimate of drug-likeness (QED) is 0.300. The van der Waals surface area contributed by atoms with Crippen LogP contribution in [0.25, 0.3) is 10.8 Å². The summed E-state index contributed by atoms with van der Waals surface area (Å²) in [6.45, 7) is 7.96. The molecule has 0 aromatic heterocycles. The fourth-order valence-corrected chi connectivity index (χ4v) is 7.27. The lowest BCUT2D eigenvalue weighted by Gasteiger charge is -2.33. The van der Waals surface area contributed by atoms with Crippen LogP contribution in [0.4, 0.5) is 11.4 Å². The SMILES string of the molecule is CCCCN1/C(=C\C2=C(O)C(=C3\C(=O)C=C(N4CCCc5ccccc54)C=C3O)/C2=O)C(C)(C)c2c1ccc1ccccc21. The first kappa shape index (κ1) is 28.0. The molecule has 3 aromatic carbocycles. The number of fused-ring (bicyclic) bond motifs is 4. The topological polar surface area (TPSA) is 81.1 Å². The molecule has 2 aliphatic carbocycles. The van der Waals surface area contributed by atoms with Crippen LogP contribution in [0.2, 0.25) is 0 Å². The zero-order valence-electron chi connectivity index (χ0n) is 25.4. The molecule has 0 unspecified atom stereocenters. The molecule has 0 bridgehead atoms. The van der Waals surface area contributed by atoms with Gasteiger partial charge in [-0.25, -0.2) is 0 Å². The molecule has 2 N–H and O–H groups in total. The number of aliphatic hydroxyl groups is 2. The van der Waals surface area contributed by atoms with Crippen LogP contribution in [-0.4, -0.2) is 34.9 Å². The molecule has 2 aliphatic heterocycles. The molecule has 0 spiro atoms. The van der Waals surface area contributed by atoms with Gasteiger partial charge in [0.2, 0.25) is 5.78 Å². The van der Waals surface area contributed by atoms with Crippen molar-refractivity contribution in [2.75, 3.05) is 22.9 Å². The second-order valence-corrected chi connectivity index (χ2v) is 12.5. The minimum absolute atomic E-state index is 0.121. The number of para-hydroxylation sites is 1. The van der Waals surface area contributed by atoms with Crippen molar-refractivity contribution in [3.63, 3.8) is 0 Å².